The Balaban J connectivity index is 2.09. The lowest BCUT2D eigenvalue weighted by atomic mass is 9.98. The minimum atomic E-state index is 0.118. The third-order valence-electron chi connectivity index (χ3n) is 3.40. The van der Waals surface area contributed by atoms with Gasteiger partial charge < -0.3 is 5.32 Å². The second-order valence-corrected chi connectivity index (χ2v) is 5.25. The molecular formula is C14H13ClN4. The standard InChI is InChI=1S/C14H13ClN4/c1-9-5-13(10-3-2-4-12(15)6-10)19-14(18-9)11(7-16)8-17-19/h2-4,6,8-9,13,18H,5H2,1H3. The molecule has 96 valence electrons. The van der Waals surface area contributed by atoms with Crippen molar-refractivity contribution < 1.29 is 0 Å². The van der Waals surface area contributed by atoms with E-state index in [2.05, 4.69) is 23.4 Å². The highest BCUT2D eigenvalue weighted by atomic mass is 35.5. The number of fused-ring (bicyclic) bond motifs is 1. The molecule has 2 atom stereocenters. The van der Waals surface area contributed by atoms with Crippen molar-refractivity contribution in [2.45, 2.75) is 25.4 Å². The van der Waals surface area contributed by atoms with Gasteiger partial charge in [0.05, 0.1) is 12.2 Å². The SMILES string of the molecule is CC1CC(c2cccc(Cl)c2)n2ncc(C#N)c2N1. The zero-order valence-electron chi connectivity index (χ0n) is 10.5. The van der Waals surface area contributed by atoms with Crippen LogP contribution in [-0.4, -0.2) is 15.8 Å². The van der Waals surface area contributed by atoms with E-state index >= 15 is 0 Å². The third-order valence-corrected chi connectivity index (χ3v) is 3.64. The van der Waals surface area contributed by atoms with E-state index in [0.29, 0.717) is 11.6 Å². The molecule has 0 radical (unpaired) electrons. The van der Waals surface area contributed by atoms with E-state index in [1.807, 2.05) is 28.9 Å². The molecule has 0 fully saturated rings. The van der Waals surface area contributed by atoms with Crippen molar-refractivity contribution in [3.8, 4) is 6.07 Å². The average molecular weight is 273 g/mol. The van der Waals surface area contributed by atoms with Gasteiger partial charge in [-0.25, -0.2) is 4.68 Å². The molecule has 19 heavy (non-hydrogen) atoms. The Hall–Kier alpha value is -1.99. The fourth-order valence-corrected chi connectivity index (χ4v) is 2.74. The van der Waals surface area contributed by atoms with Crippen LogP contribution in [-0.2, 0) is 0 Å². The molecule has 2 aromatic rings. The molecule has 0 saturated heterocycles. The van der Waals surface area contributed by atoms with Gasteiger partial charge in [-0.1, -0.05) is 23.7 Å². The predicted molar refractivity (Wildman–Crippen MR) is 74.2 cm³/mol. The molecule has 2 heterocycles. The smallest absolute Gasteiger partial charge is 0.143 e. The van der Waals surface area contributed by atoms with Gasteiger partial charge in [-0.3, -0.25) is 0 Å². The molecule has 0 saturated carbocycles. The molecule has 0 bridgehead atoms. The maximum atomic E-state index is 9.11. The number of rotatable bonds is 1. The summed E-state index contributed by atoms with van der Waals surface area (Å²) >= 11 is 6.06. The second-order valence-electron chi connectivity index (χ2n) is 4.82. The van der Waals surface area contributed by atoms with Crippen LogP contribution < -0.4 is 5.32 Å². The lowest BCUT2D eigenvalue weighted by Gasteiger charge is -2.30. The van der Waals surface area contributed by atoms with Gasteiger partial charge in [-0.15, -0.1) is 0 Å². The number of hydrogen-bond acceptors (Lipinski definition) is 3. The van der Waals surface area contributed by atoms with E-state index in [9.17, 15) is 0 Å². The molecule has 1 aliphatic heterocycles. The number of nitrogens with one attached hydrogen (secondary N) is 1. The Morgan fingerprint density at radius 1 is 1.53 bits per heavy atom. The van der Waals surface area contributed by atoms with E-state index in [1.165, 1.54) is 0 Å². The summed E-state index contributed by atoms with van der Waals surface area (Å²) in [5.41, 5.74) is 1.70. The van der Waals surface area contributed by atoms with Gasteiger partial charge in [0.25, 0.3) is 0 Å². The molecule has 5 heteroatoms. The molecule has 1 N–H and O–H groups in total. The highest BCUT2D eigenvalue weighted by Crippen LogP contribution is 2.34. The molecule has 3 rings (SSSR count). The average Bonchev–Trinajstić information content (AvgIpc) is 2.80. The first-order chi connectivity index (χ1) is 9.19. The second kappa shape index (κ2) is 4.60. The number of nitriles is 1. The topological polar surface area (TPSA) is 53.6 Å². The van der Waals surface area contributed by atoms with Crippen molar-refractivity contribution in [2.75, 3.05) is 5.32 Å². The molecule has 0 spiro atoms. The van der Waals surface area contributed by atoms with Gasteiger partial charge in [0.1, 0.15) is 17.5 Å². The lowest BCUT2D eigenvalue weighted by Crippen LogP contribution is -2.31. The zero-order valence-corrected chi connectivity index (χ0v) is 11.2. The summed E-state index contributed by atoms with van der Waals surface area (Å²) in [4.78, 5) is 0. The normalized spacial score (nSPS) is 21.3. The molecule has 0 amide bonds. The summed E-state index contributed by atoms with van der Waals surface area (Å²) in [6.07, 6.45) is 2.53. The maximum absolute atomic E-state index is 9.11. The van der Waals surface area contributed by atoms with E-state index < -0.39 is 0 Å². The quantitative estimate of drug-likeness (QED) is 0.867. The predicted octanol–water partition coefficient (Wildman–Crippen LogP) is 3.20. The van der Waals surface area contributed by atoms with Gasteiger partial charge in [0.2, 0.25) is 0 Å². The molecule has 0 aliphatic carbocycles. The van der Waals surface area contributed by atoms with Crippen LogP contribution in [0.25, 0.3) is 0 Å². The van der Waals surface area contributed by atoms with E-state index in [0.717, 1.165) is 22.8 Å². The number of benzene rings is 1. The molecule has 1 aromatic heterocycles. The van der Waals surface area contributed by atoms with Crippen molar-refractivity contribution in [1.82, 2.24) is 9.78 Å². The first-order valence-electron chi connectivity index (χ1n) is 6.18. The summed E-state index contributed by atoms with van der Waals surface area (Å²) in [5, 5.41) is 17.5. The number of halogens is 1. The number of anilines is 1. The highest BCUT2D eigenvalue weighted by molar-refractivity contribution is 6.30. The van der Waals surface area contributed by atoms with Crippen LogP contribution in [0.1, 0.15) is 30.5 Å². The molecule has 1 aliphatic rings. The molecular weight excluding hydrogens is 260 g/mol. The Kier molecular flexibility index (Phi) is 2.92. The first-order valence-corrected chi connectivity index (χ1v) is 6.56. The van der Waals surface area contributed by atoms with Crippen molar-refractivity contribution in [1.29, 1.82) is 5.26 Å². The Morgan fingerprint density at radius 2 is 2.37 bits per heavy atom. The van der Waals surface area contributed by atoms with Crippen molar-refractivity contribution in [3.63, 3.8) is 0 Å². The van der Waals surface area contributed by atoms with Crippen LogP contribution in [0.15, 0.2) is 30.5 Å². The van der Waals surface area contributed by atoms with Crippen LogP contribution in [0.2, 0.25) is 5.02 Å². The van der Waals surface area contributed by atoms with Crippen LogP contribution in [0.5, 0.6) is 0 Å². The molecule has 1 aromatic carbocycles. The Morgan fingerprint density at radius 3 is 3.11 bits per heavy atom. The Bertz CT molecular complexity index is 656. The number of aromatic nitrogens is 2. The summed E-state index contributed by atoms with van der Waals surface area (Å²) in [6.45, 7) is 2.11. The van der Waals surface area contributed by atoms with Gasteiger partial charge in [0.15, 0.2) is 0 Å². The fraction of sp³-hybridized carbons (Fsp3) is 0.286. The summed E-state index contributed by atoms with van der Waals surface area (Å²) in [5.74, 6) is 0.797. The number of hydrogen-bond donors (Lipinski definition) is 1. The van der Waals surface area contributed by atoms with Crippen LogP contribution in [0, 0.1) is 11.3 Å². The Labute approximate surface area is 116 Å². The van der Waals surface area contributed by atoms with Crippen molar-refractivity contribution in [3.05, 3.63) is 46.6 Å². The van der Waals surface area contributed by atoms with Crippen LogP contribution in [0.3, 0.4) is 0 Å². The maximum Gasteiger partial charge on any atom is 0.143 e. The van der Waals surface area contributed by atoms with Gasteiger partial charge >= 0.3 is 0 Å². The van der Waals surface area contributed by atoms with Crippen molar-refractivity contribution >= 4 is 17.4 Å². The highest BCUT2D eigenvalue weighted by Gasteiger charge is 2.28. The van der Waals surface area contributed by atoms with E-state index in [1.54, 1.807) is 6.20 Å². The summed E-state index contributed by atoms with van der Waals surface area (Å²) < 4.78 is 1.88. The fourth-order valence-electron chi connectivity index (χ4n) is 2.54. The van der Waals surface area contributed by atoms with Crippen LogP contribution >= 0.6 is 11.6 Å². The van der Waals surface area contributed by atoms with E-state index in [4.69, 9.17) is 16.9 Å². The lowest BCUT2D eigenvalue weighted by molar-refractivity contribution is 0.439. The van der Waals surface area contributed by atoms with Crippen molar-refractivity contribution in [2.24, 2.45) is 0 Å². The molecule has 4 nitrogen and oxygen atoms in total. The van der Waals surface area contributed by atoms with E-state index in [-0.39, 0.29) is 6.04 Å². The first kappa shape index (κ1) is 12.1. The minimum Gasteiger partial charge on any atom is -0.367 e. The van der Waals surface area contributed by atoms with Gasteiger partial charge in [0, 0.05) is 11.1 Å². The minimum absolute atomic E-state index is 0.118. The largest absolute Gasteiger partial charge is 0.367 e. The van der Waals surface area contributed by atoms with Gasteiger partial charge in [-0.2, -0.15) is 10.4 Å². The zero-order chi connectivity index (χ0) is 13.4. The monoisotopic (exact) mass is 272 g/mol. The van der Waals surface area contributed by atoms with Crippen LogP contribution in [0.4, 0.5) is 5.82 Å². The van der Waals surface area contributed by atoms with Gasteiger partial charge in [-0.05, 0) is 31.0 Å². The molecule has 2 unspecified atom stereocenters. The summed E-state index contributed by atoms with van der Waals surface area (Å²) in [7, 11) is 0. The third kappa shape index (κ3) is 2.06. The summed E-state index contributed by atoms with van der Waals surface area (Å²) in [6, 6.07) is 10.4. The number of nitrogens with zero attached hydrogens (tertiary/aromatic N) is 3.